The Labute approximate surface area is 100.0 Å². The molecule has 17 heavy (non-hydrogen) atoms. The quantitative estimate of drug-likeness (QED) is 0.816. The Balaban J connectivity index is 2.75. The van der Waals surface area contributed by atoms with Crippen molar-refractivity contribution in [3.63, 3.8) is 0 Å². The number of hydrogen-bond donors (Lipinski definition) is 2. The van der Waals surface area contributed by atoms with E-state index in [0.717, 1.165) is 0 Å². The molecule has 0 fully saturated rings. The molecule has 0 radical (unpaired) electrons. The zero-order chi connectivity index (χ0) is 12.8. The Bertz CT molecular complexity index is 394. The minimum atomic E-state index is -0.416. The average Bonchev–Trinajstić information content (AvgIpc) is 2.26. The maximum absolute atomic E-state index is 13.1. The first kappa shape index (κ1) is 13.4. The summed E-state index contributed by atoms with van der Waals surface area (Å²) in [5.74, 6) is -0.348. The van der Waals surface area contributed by atoms with Crippen molar-refractivity contribution in [1.29, 1.82) is 0 Å². The van der Waals surface area contributed by atoms with Gasteiger partial charge in [0.05, 0.1) is 0 Å². The summed E-state index contributed by atoms with van der Waals surface area (Å²) in [6.45, 7) is 3.97. The molecular formula is C12H17FN2O2. The SMILES string of the molecule is CCNC(=O)COc1cc(F)ccc1[C@@H](C)N. The maximum Gasteiger partial charge on any atom is 0.257 e. The van der Waals surface area contributed by atoms with Gasteiger partial charge in [-0.25, -0.2) is 4.39 Å². The second-order valence-electron chi connectivity index (χ2n) is 3.71. The second kappa shape index (κ2) is 6.20. The highest BCUT2D eigenvalue weighted by Crippen LogP contribution is 2.24. The summed E-state index contributed by atoms with van der Waals surface area (Å²) in [4.78, 5) is 11.2. The molecule has 0 aliphatic heterocycles. The molecule has 1 atom stereocenters. The van der Waals surface area contributed by atoms with Crippen LogP contribution in [-0.4, -0.2) is 19.1 Å². The number of benzene rings is 1. The van der Waals surface area contributed by atoms with Crippen LogP contribution in [0.5, 0.6) is 5.75 Å². The lowest BCUT2D eigenvalue weighted by molar-refractivity contribution is -0.123. The molecule has 0 aromatic heterocycles. The van der Waals surface area contributed by atoms with Crippen LogP contribution in [0.2, 0.25) is 0 Å². The molecule has 0 aliphatic rings. The Morgan fingerprint density at radius 1 is 1.59 bits per heavy atom. The number of ether oxygens (including phenoxy) is 1. The summed E-state index contributed by atoms with van der Waals surface area (Å²) in [6.07, 6.45) is 0. The highest BCUT2D eigenvalue weighted by molar-refractivity contribution is 5.77. The van der Waals surface area contributed by atoms with E-state index in [-0.39, 0.29) is 18.6 Å². The first-order valence-electron chi connectivity index (χ1n) is 5.49. The van der Waals surface area contributed by atoms with Gasteiger partial charge in [0, 0.05) is 24.2 Å². The predicted octanol–water partition coefficient (Wildman–Crippen LogP) is 1.36. The van der Waals surface area contributed by atoms with Crippen molar-refractivity contribution in [3.05, 3.63) is 29.6 Å². The number of carbonyl (C=O) groups excluding carboxylic acids is 1. The normalized spacial score (nSPS) is 12.0. The first-order valence-corrected chi connectivity index (χ1v) is 5.49. The van der Waals surface area contributed by atoms with Crippen LogP contribution < -0.4 is 15.8 Å². The van der Waals surface area contributed by atoms with Gasteiger partial charge >= 0.3 is 0 Å². The molecular weight excluding hydrogens is 223 g/mol. The minimum absolute atomic E-state index is 0.142. The molecule has 0 unspecified atom stereocenters. The van der Waals surface area contributed by atoms with E-state index in [1.165, 1.54) is 12.1 Å². The standard InChI is InChI=1S/C12H17FN2O2/c1-3-15-12(16)7-17-11-6-9(13)4-5-10(11)8(2)14/h4-6,8H,3,7,14H2,1-2H3,(H,15,16)/t8-/m1/s1. The van der Waals surface area contributed by atoms with E-state index in [0.29, 0.717) is 17.9 Å². The van der Waals surface area contributed by atoms with Gasteiger partial charge in [0.2, 0.25) is 0 Å². The highest BCUT2D eigenvalue weighted by Gasteiger charge is 2.10. The first-order chi connectivity index (χ1) is 8.04. The molecule has 1 aromatic carbocycles. The zero-order valence-electron chi connectivity index (χ0n) is 10.00. The molecule has 0 heterocycles. The second-order valence-corrected chi connectivity index (χ2v) is 3.71. The predicted molar refractivity (Wildman–Crippen MR) is 63.2 cm³/mol. The zero-order valence-corrected chi connectivity index (χ0v) is 10.00. The van der Waals surface area contributed by atoms with Gasteiger partial charge in [0.15, 0.2) is 6.61 Å². The van der Waals surface area contributed by atoms with Gasteiger partial charge in [0.25, 0.3) is 5.91 Å². The Morgan fingerprint density at radius 2 is 2.29 bits per heavy atom. The molecule has 3 N–H and O–H groups in total. The van der Waals surface area contributed by atoms with E-state index in [9.17, 15) is 9.18 Å². The van der Waals surface area contributed by atoms with Crippen LogP contribution in [0.1, 0.15) is 25.5 Å². The summed E-state index contributed by atoms with van der Waals surface area (Å²) in [5, 5.41) is 2.59. The van der Waals surface area contributed by atoms with Crippen LogP contribution in [-0.2, 0) is 4.79 Å². The van der Waals surface area contributed by atoms with Crippen molar-refractivity contribution in [2.24, 2.45) is 5.73 Å². The fourth-order valence-corrected chi connectivity index (χ4v) is 1.40. The molecule has 0 aliphatic carbocycles. The smallest absolute Gasteiger partial charge is 0.257 e. The number of rotatable bonds is 5. The van der Waals surface area contributed by atoms with Crippen LogP contribution in [0.25, 0.3) is 0 Å². The van der Waals surface area contributed by atoms with Gasteiger partial charge in [-0.1, -0.05) is 6.07 Å². The molecule has 1 aromatic rings. The fraction of sp³-hybridized carbons (Fsp3) is 0.417. The monoisotopic (exact) mass is 240 g/mol. The van der Waals surface area contributed by atoms with Gasteiger partial charge in [-0.05, 0) is 19.9 Å². The Hall–Kier alpha value is -1.62. The van der Waals surface area contributed by atoms with Crippen molar-refractivity contribution < 1.29 is 13.9 Å². The average molecular weight is 240 g/mol. The van der Waals surface area contributed by atoms with Crippen molar-refractivity contribution >= 4 is 5.91 Å². The molecule has 0 bridgehead atoms. The van der Waals surface area contributed by atoms with Crippen LogP contribution >= 0.6 is 0 Å². The molecule has 5 heteroatoms. The van der Waals surface area contributed by atoms with Gasteiger partial charge in [-0.15, -0.1) is 0 Å². The molecule has 0 spiro atoms. The van der Waals surface area contributed by atoms with E-state index in [1.807, 2.05) is 6.92 Å². The van der Waals surface area contributed by atoms with E-state index in [2.05, 4.69) is 5.32 Å². The summed E-state index contributed by atoms with van der Waals surface area (Å²) in [5.41, 5.74) is 6.40. The van der Waals surface area contributed by atoms with Crippen molar-refractivity contribution in [2.45, 2.75) is 19.9 Å². The lowest BCUT2D eigenvalue weighted by Crippen LogP contribution is -2.28. The molecule has 1 amide bonds. The fourth-order valence-electron chi connectivity index (χ4n) is 1.40. The maximum atomic E-state index is 13.1. The lowest BCUT2D eigenvalue weighted by atomic mass is 10.1. The molecule has 4 nitrogen and oxygen atoms in total. The molecule has 1 rings (SSSR count). The third-order valence-electron chi connectivity index (χ3n) is 2.20. The summed E-state index contributed by atoms with van der Waals surface area (Å²) in [6, 6.07) is 3.84. The number of nitrogens with two attached hydrogens (primary N) is 1. The third-order valence-corrected chi connectivity index (χ3v) is 2.20. The number of amides is 1. The number of hydrogen-bond acceptors (Lipinski definition) is 3. The highest BCUT2D eigenvalue weighted by atomic mass is 19.1. The molecule has 0 saturated heterocycles. The third kappa shape index (κ3) is 4.03. The van der Waals surface area contributed by atoms with Gasteiger partial charge in [-0.2, -0.15) is 0 Å². The van der Waals surface area contributed by atoms with Crippen molar-refractivity contribution in [3.8, 4) is 5.75 Å². The van der Waals surface area contributed by atoms with Crippen molar-refractivity contribution in [2.75, 3.05) is 13.2 Å². The van der Waals surface area contributed by atoms with Crippen molar-refractivity contribution in [1.82, 2.24) is 5.32 Å². The summed E-state index contributed by atoms with van der Waals surface area (Å²) < 4.78 is 18.3. The van der Waals surface area contributed by atoms with E-state index in [1.54, 1.807) is 13.0 Å². The summed E-state index contributed by atoms with van der Waals surface area (Å²) >= 11 is 0. The van der Waals surface area contributed by atoms with E-state index >= 15 is 0 Å². The van der Waals surface area contributed by atoms with E-state index in [4.69, 9.17) is 10.5 Å². The Morgan fingerprint density at radius 3 is 2.88 bits per heavy atom. The number of carbonyl (C=O) groups is 1. The largest absolute Gasteiger partial charge is 0.483 e. The molecule has 94 valence electrons. The van der Waals surface area contributed by atoms with Gasteiger partial charge < -0.3 is 15.8 Å². The lowest BCUT2D eigenvalue weighted by Gasteiger charge is -2.13. The van der Waals surface area contributed by atoms with Crippen LogP contribution in [0, 0.1) is 5.82 Å². The van der Waals surface area contributed by atoms with Crippen LogP contribution in [0.4, 0.5) is 4.39 Å². The van der Waals surface area contributed by atoms with Gasteiger partial charge in [0.1, 0.15) is 11.6 Å². The topological polar surface area (TPSA) is 64.3 Å². The van der Waals surface area contributed by atoms with Gasteiger partial charge in [-0.3, -0.25) is 4.79 Å². The Kier molecular flexibility index (Phi) is 4.90. The molecule has 0 saturated carbocycles. The van der Waals surface area contributed by atoms with Crippen LogP contribution in [0.15, 0.2) is 18.2 Å². The summed E-state index contributed by atoms with van der Waals surface area (Å²) in [7, 11) is 0. The number of nitrogens with one attached hydrogen (secondary N) is 1. The van der Waals surface area contributed by atoms with E-state index < -0.39 is 5.82 Å². The van der Waals surface area contributed by atoms with Crippen LogP contribution in [0.3, 0.4) is 0 Å². The number of halogens is 1. The number of likely N-dealkylation sites (N-methyl/N-ethyl adjacent to an activating group) is 1. The minimum Gasteiger partial charge on any atom is -0.483 e.